The Morgan fingerprint density at radius 3 is 2.07 bits per heavy atom. The molecule has 41 heavy (non-hydrogen) atoms. The van der Waals surface area contributed by atoms with Gasteiger partial charge in [0.15, 0.2) is 11.5 Å². The minimum Gasteiger partial charge on any atom is -0.497 e. The average molecular weight is 563 g/mol. The van der Waals surface area contributed by atoms with Gasteiger partial charge in [0.2, 0.25) is 5.91 Å². The second-order valence-corrected chi connectivity index (χ2v) is 9.33. The summed E-state index contributed by atoms with van der Waals surface area (Å²) in [5.41, 5.74) is 6.24. The molecule has 3 aromatic rings. The van der Waals surface area contributed by atoms with Gasteiger partial charge >= 0.3 is 0 Å². The number of hydrogen-bond acceptors (Lipinski definition) is 7. The van der Waals surface area contributed by atoms with E-state index in [-0.39, 0.29) is 23.6 Å². The first-order valence-corrected chi connectivity index (χ1v) is 12.8. The molecule has 1 atom stereocenters. The normalized spacial score (nSPS) is 11.2. The number of methoxy groups -OCH3 is 3. The van der Waals surface area contributed by atoms with Crippen molar-refractivity contribution in [1.82, 2.24) is 16.2 Å². The molecule has 0 fully saturated rings. The monoisotopic (exact) mass is 562 g/mol. The number of ether oxygens (including phenoxy) is 3. The molecule has 0 saturated carbocycles. The standard InChI is InChI=1S/C30H34N4O7/c1-18(2)27(30(38)34-33-26(35)17-19-10-15-24(40-4)25(16-19)41-5)32-29(37)22-8-6-7-9-23(22)31-28(36)20-11-13-21(39-3)14-12-20/h6-16,18,27H,17H2,1-5H3,(H,31,36)(H,32,37)(H,33,35)(H,34,38). The van der Waals surface area contributed by atoms with E-state index in [4.69, 9.17) is 14.2 Å². The third-order valence-electron chi connectivity index (χ3n) is 6.15. The molecule has 0 bridgehead atoms. The average Bonchev–Trinajstić information content (AvgIpc) is 2.98. The fraction of sp³-hybridized carbons (Fsp3) is 0.267. The molecule has 4 N–H and O–H groups in total. The summed E-state index contributed by atoms with van der Waals surface area (Å²) >= 11 is 0. The van der Waals surface area contributed by atoms with Crippen LogP contribution < -0.4 is 35.7 Å². The third kappa shape index (κ3) is 8.21. The lowest BCUT2D eigenvalue weighted by Gasteiger charge is -2.22. The van der Waals surface area contributed by atoms with Crippen LogP contribution in [-0.2, 0) is 16.0 Å². The van der Waals surface area contributed by atoms with Crippen LogP contribution >= 0.6 is 0 Å². The van der Waals surface area contributed by atoms with Gasteiger partial charge in [-0.15, -0.1) is 0 Å². The van der Waals surface area contributed by atoms with Crippen LogP contribution in [0.4, 0.5) is 5.69 Å². The Kier molecular flexibility index (Phi) is 10.7. The predicted octanol–water partition coefficient (Wildman–Crippen LogP) is 3.11. The molecule has 0 aliphatic carbocycles. The number of rotatable bonds is 11. The molecule has 1 unspecified atom stereocenters. The highest BCUT2D eigenvalue weighted by Gasteiger charge is 2.26. The summed E-state index contributed by atoms with van der Waals surface area (Å²) in [7, 11) is 4.54. The molecule has 11 heteroatoms. The van der Waals surface area contributed by atoms with Crippen molar-refractivity contribution in [2.75, 3.05) is 26.6 Å². The van der Waals surface area contributed by atoms with Crippen molar-refractivity contribution >= 4 is 29.3 Å². The Labute approximate surface area is 238 Å². The minimum absolute atomic E-state index is 0.0272. The van der Waals surface area contributed by atoms with E-state index < -0.39 is 29.7 Å². The molecule has 0 heterocycles. The van der Waals surface area contributed by atoms with Gasteiger partial charge in [0.25, 0.3) is 17.7 Å². The number of nitrogens with one attached hydrogen (secondary N) is 4. The summed E-state index contributed by atoms with van der Waals surface area (Å²) in [6, 6.07) is 17.1. The quantitative estimate of drug-likeness (QED) is 0.263. The molecule has 0 radical (unpaired) electrons. The van der Waals surface area contributed by atoms with Gasteiger partial charge in [-0.2, -0.15) is 0 Å². The van der Waals surface area contributed by atoms with Crippen LogP contribution in [0.25, 0.3) is 0 Å². The fourth-order valence-corrected chi connectivity index (χ4v) is 3.91. The van der Waals surface area contributed by atoms with Crippen LogP contribution in [-0.4, -0.2) is 51.0 Å². The summed E-state index contributed by atoms with van der Waals surface area (Å²) in [6.45, 7) is 3.51. The van der Waals surface area contributed by atoms with E-state index in [1.165, 1.54) is 21.3 Å². The number of hydrazine groups is 1. The maximum atomic E-state index is 13.2. The predicted molar refractivity (Wildman–Crippen MR) is 153 cm³/mol. The smallest absolute Gasteiger partial charge is 0.261 e. The molecular weight excluding hydrogens is 528 g/mol. The summed E-state index contributed by atoms with van der Waals surface area (Å²) in [5.74, 6) is -0.754. The molecule has 0 aromatic heterocycles. The third-order valence-corrected chi connectivity index (χ3v) is 6.15. The Bertz CT molecular complexity index is 1390. The number of para-hydroxylation sites is 1. The molecular formula is C30H34N4O7. The summed E-state index contributed by atoms with van der Waals surface area (Å²) in [4.78, 5) is 51.4. The maximum Gasteiger partial charge on any atom is 0.261 e. The van der Waals surface area contributed by atoms with E-state index in [1.54, 1.807) is 80.6 Å². The van der Waals surface area contributed by atoms with Crippen molar-refractivity contribution in [1.29, 1.82) is 0 Å². The first-order chi connectivity index (χ1) is 19.7. The van der Waals surface area contributed by atoms with Gasteiger partial charge in [-0.3, -0.25) is 30.0 Å². The van der Waals surface area contributed by atoms with Gasteiger partial charge in [-0.1, -0.05) is 32.0 Å². The molecule has 0 saturated heterocycles. The van der Waals surface area contributed by atoms with Gasteiger partial charge in [-0.05, 0) is 60.0 Å². The summed E-state index contributed by atoms with van der Waals surface area (Å²) in [5, 5.41) is 5.44. The minimum atomic E-state index is -0.978. The summed E-state index contributed by atoms with van der Waals surface area (Å²) < 4.78 is 15.6. The number of carbonyl (C=O) groups is 4. The van der Waals surface area contributed by atoms with Crippen LogP contribution in [0.1, 0.15) is 40.1 Å². The Morgan fingerprint density at radius 1 is 0.756 bits per heavy atom. The SMILES string of the molecule is COc1ccc(C(=O)Nc2ccccc2C(=O)NC(C(=O)NNC(=O)Cc2ccc(OC)c(OC)c2)C(C)C)cc1. The zero-order valence-electron chi connectivity index (χ0n) is 23.6. The van der Waals surface area contributed by atoms with Gasteiger partial charge in [0, 0.05) is 5.56 Å². The second-order valence-electron chi connectivity index (χ2n) is 9.33. The van der Waals surface area contributed by atoms with Crippen molar-refractivity contribution in [3.05, 3.63) is 83.4 Å². The number of benzene rings is 3. The molecule has 0 aliphatic heterocycles. The Hall–Kier alpha value is -5.06. The molecule has 4 amide bonds. The number of anilines is 1. The van der Waals surface area contributed by atoms with Crippen LogP contribution in [0.5, 0.6) is 17.2 Å². The van der Waals surface area contributed by atoms with Crippen molar-refractivity contribution in [2.24, 2.45) is 5.92 Å². The lowest BCUT2D eigenvalue weighted by atomic mass is 10.0. The van der Waals surface area contributed by atoms with Crippen molar-refractivity contribution in [3.8, 4) is 17.2 Å². The van der Waals surface area contributed by atoms with Crippen molar-refractivity contribution in [2.45, 2.75) is 26.3 Å². The molecule has 0 spiro atoms. The molecule has 3 rings (SSSR count). The zero-order valence-corrected chi connectivity index (χ0v) is 23.6. The number of carbonyl (C=O) groups excluding carboxylic acids is 4. The van der Waals surface area contributed by atoms with Crippen molar-refractivity contribution in [3.63, 3.8) is 0 Å². The highest BCUT2D eigenvalue weighted by molar-refractivity contribution is 6.09. The topological polar surface area (TPSA) is 144 Å². The van der Waals surface area contributed by atoms with Gasteiger partial charge in [0.1, 0.15) is 11.8 Å². The van der Waals surface area contributed by atoms with Gasteiger partial charge in [0.05, 0.1) is 39.0 Å². The molecule has 0 aliphatic rings. The van der Waals surface area contributed by atoms with Gasteiger partial charge < -0.3 is 24.8 Å². The molecule has 216 valence electrons. The largest absolute Gasteiger partial charge is 0.497 e. The van der Waals surface area contributed by atoms with Crippen molar-refractivity contribution < 1.29 is 33.4 Å². The fourth-order valence-electron chi connectivity index (χ4n) is 3.91. The Morgan fingerprint density at radius 2 is 1.44 bits per heavy atom. The number of hydrogen-bond donors (Lipinski definition) is 4. The zero-order chi connectivity index (χ0) is 29.9. The highest BCUT2D eigenvalue weighted by Crippen LogP contribution is 2.27. The lowest BCUT2D eigenvalue weighted by molar-refractivity contribution is -0.130. The van der Waals surface area contributed by atoms with E-state index >= 15 is 0 Å². The Balaban J connectivity index is 1.63. The van der Waals surface area contributed by atoms with Gasteiger partial charge in [-0.25, -0.2) is 0 Å². The van der Waals surface area contributed by atoms with E-state index in [0.717, 1.165) is 0 Å². The lowest BCUT2D eigenvalue weighted by Crippen LogP contribution is -2.54. The van der Waals surface area contributed by atoms with Crippen LogP contribution in [0.3, 0.4) is 0 Å². The number of amides is 4. The summed E-state index contributed by atoms with van der Waals surface area (Å²) in [6.07, 6.45) is -0.0272. The van der Waals surface area contributed by atoms with E-state index in [2.05, 4.69) is 21.5 Å². The van der Waals surface area contributed by atoms with Crippen LogP contribution in [0.2, 0.25) is 0 Å². The molecule has 3 aromatic carbocycles. The van der Waals surface area contributed by atoms with E-state index in [9.17, 15) is 19.2 Å². The highest BCUT2D eigenvalue weighted by atomic mass is 16.5. The maximum absolute atomic E-state index is 13.2. The van der Waals surface area contributed by atoms with Crippen LogP contribution in [0.15, 0.2) is 66.7 Å². The van der Waals surface area contributed by atoms with E-state index in [1.807, 2.05) is 0 Å². The second kappa shape index (κ2) is 14.4. The molecule has 11 nitrogen and oxygen atoms in total. The van der Waals surface area contributed by atoms with Crippen LogP contribution in [0, 0.1) is 5.92 Å². The van der Waals surface area contributed by atoms with E-state index in [0.29, 0.717) is 28.4 Å². The first-order valence-electron chi connectivity index (χ1n) is 12.8. The first kappa shape index (κ1) is 30.5.